The predicted molar refractivity (Wildman–Crippen MR) is 73.8 cm³/mol. The third kappa shape index (κ3) is 3.36. The summed E-state index contributed by atoms with van der Waals surface area (Å²) < 4.78 is 7.07. The third-order valence-electron chi connectivity index (χ3n) is 2.35. The summed E-state index contributed by atoms with van der Waals surface area (Å²) in [6.45, 7) is 8.52. The molecule has 0 saturated heterocycles. The Hall–Kier alpha value is -0.740. The number of aromatic nitrogens is 1. The molecule has 0 aliphatic rings. The van der Waals surface area contributed by atoms with Crippen molar-refractivity contribution in [1.29, 1.82) is 0 Å². The normalized spacial score (nSPS) is 12.0. The number of rotatable bonds is 3. The zero-order valence-corrected chi connectivity index (χ0v) is 12.2. The number of aryl methyl sites for hydroxylation is 1. The maximum absolute atomic E-state index is 5.75. The molecule has 0 radical (unpaired) electrons. The number of hydrogen-bond acceptors (Lipinski definition) is 4. The fourth-order valence-corrected chi connectivity index (χ4v) is 3.31. The van der Waals surface area contributed by atoms with Crippen LogP contribution in [0.25, 0.3) is 0 Å². The molecule has 0 aromatic carbocycles. The molecule has 0 saturated carbocycles. The fourth-order valence-electron chi connectivity index (χ4n) is 1.35. The summed E-state index contributed by atoms with van der Waals surface area (Å²) in [5.41, 5.74) is 0.0371. The first-order chi connectivity index (χ1) is 7.95. The van der Waals surface area contributed by atoms with E-state index < -0.39 is 0 Å². The first-order valence-electron chi connectivity index (χ1n) is 5.59. The number of thiophene rings is 1. The lowest BCUT2D eigenvalue weighted by Gasteiger charge is -2.12. The van der Waals surface area contributed by atoms with Gasteiger partial charge in [0.2, 0.25) is 5.89 Å². The lowest BCUT2D eigenvalue weighted by Crippen LogP contribution is -2.09. The van der Waals surface area contributed by atoms with Crippen molar-refractivity contribution in [2.24, 2.45) is 0 Å². The van der Waals surface area contributed by atoms with Crippen molar-refractivity contribution in [3.05, 3.63) is 34.9 Å². The maximum Gasteiger partial charge on any atom is 0.204 e. The molecule has 2 heterocycles. The van der Waals surface area contributed by atoms with Gasteiger partial charge in [-0.25, -0.2) is 4.98 Å². The van der Waals surface area contributed by atoms with Crippen LogP contribution in [0.1, 0.15) is 37.3 Å². The van der Waals surface area contributed by atoms with Crippen molar-refractivity contribution in [2.45, 2.75) is 43.1 Å². The second-order valence-electron chi connectivity index (χ2n) is 5.02. The predicted octanol–water partition coefficient (Wildman–Crippen LogP) is 4.63. The Kier molecular flexibility index (Phi) is 3.64. The van der Waals surface area contributed by atoms with Gasteiger partial charge in [0.05, 0.1) is 16.2 Å². The first-order valence-corrected chi connectivity index (χ1v) is 7.40. The van der Waals surface area contributed by atoms with Gasteiger partial charge in [0, 0.05) is 10.3 Å². The smallest absolute Gasteiger partial charge is 0.204 e. The van der Waals surface area contributed by atoms with Crippen LogP contribution in [0.15, 0.2) is 27.0 Å². The van der Waals surface area contributed by atoms with E-state index in [-0.39, 0.29) is 5.41 Å². The van der Waals surface area contributed by atoms with Crippen molar-refractivity contribution in [3.8, 4) is 0 Å². The molecule has 0 aliphatic heterocycles. The van der Waals surface area contributed by atoms with Gasteiger partial charge < -0.3 is 4.42 Å². The Morgan fingerprint density at radius 3 is 2.65 bits per heavy atom. The largest absolute Gasteiger partial charge is 0.444 e. The molecular formula is C13H17NOS2. The molecule has 2 rings (SSSR count). The van der Waals surface area contributed by atoms with Gasteiger partial charge >= 0.3 is 0 Å². The molecule has 0 atom stereocenters. The highest BCUT2D eigenvalue weighted by Gasteiger charge is 2.19. The monoisotopic (exact) mass is 267 g/mol. The average Bonchev–Trinajstić information content (AvgIpc) is 2.82. The Labute approximate surface area is 110 Å². The minimum absolute atomic E-state index is 0.0371. The Morgan fingerprint density at radius 2 is 2.12 bits per heavy atom. The molecule has 4 heteroatoms. The molecule has 0 amide bonds. The van der Waals surface area contributed by atoms with Crippen LogP contribution in [0.4, 0.5) is 0 Å². The van der Waals surface area contributed by atoms with Gasteiger partial charge in [0.1, 0.15) is 5.76 Å². The summed E-state index contributed by atoms with van der Waals surface area (Å²) in [7, 11) is 0. The molecule has 2 aromatic heterocycles. The van der Waals surface area contributed by atoms with E-state index in [2.05, 4.69) is 44.8 Å². The molecule has 0 aliphatic carbocycles. The van der Waals surface area contributed by atoms with Crippen LogP contribution in [0.3, 0.4) is 0 Å². The number of thioether (sulfide) groups is 1. The summed E-state index contributed by atoms with van der Waals surface area (Å²) in [6.07, 6.45) is 1.84. The van der Waals surface area contributed by atoms with Crippen molar-refractivity contribution >= 4 is 23.1 Å². The molecule has 0 N–H and O–H groups in total. The van der Waals surface area contributed by atoms with Gasteiger partial charge in [-0.05, 0) is 19.1 Å². The summed E-state index contributed by atoms with van der Waals surface area (Å²) >= 11 is 3.59. The lowest BCUT2D eigenvalue weighted by molar-refractivity contribution is 0.391. The molecule has 2 aromatic rings. The second-order valence-corrected chi connectivity index (χ2v) is 7.59. The van der Waals surface area contributed by atoms with Crippen molar-refractivity contribution < 1.29 is 4.42 Å². The van der Waals surface area contributed by atoms with Gasteiger partial charge in [0.25, 0.3) is 0 Å². The third-order valence-corrected chi connectivity index (χ3v) is 4.56. The highest BCUT2D eigenvalue weighted by atomic mass is 32.2. The summed E-state index contributed by atoms with van der Waals surface area (Å²) in [4.78, 5) is 5.66. The van der Waals surface area contributed by atoms with Crippen LogP contribution in [0.2, 0.25) is 0 Å². The van der Waals surface area contributed by atoms with E-state index in [0.29, 0.717) is 0 Å². The zero-order valence-electron chi connectivity index (χ0n) is 10.6. The number of oxazole rings is 1. The Balaban J connectivity index is 1.98. The van der Waals surface area contributed by atoms with E-state index in [4.69, 9.17) is 4.42 Å². The molecule has 0 unspecified atom stereocenters. The Bertz CT molecular complexity index is 493. The van der Waals surface area contributed by atoms with Crippen LogP contribution in [-0.4, -0.2) is 4.98 Å². The van der Waals surface area contributed by atoms with Crippen LogP contribution in [-0.2, 0) is 11.2 Å². The van der Waals surface area contributed by atoms with E-state index in [0.717, 1.165) is 17.4 Å². The van der Waals surface area contributed by atoms with E-state index in [1.807, 2.05) is 17.5 Å². The van der Waals surface area contributed by atoms with Crippen molar-refractivity contribution in [1.82, 2.24) is 4.98 Å². The van der Waals surface area contributed by atoms with Crippen molar-refractivity contribution in [3.63, 3.8) is 0 Å². The van der Waals surface area contributed by atoms with Gasteiger partial charge in [-0.1, -0.05) is 20.8 Å². The minimum Gasteiger partial charge on any atom is -0.444 e. The molecule has 17 heavy (non-hydrogen) atoms. The standard InChI is InChI=1S/C13H17NOS2/c1-9-5-6-12(17-9)16-8-11-14-7-10(15-11)13(2,3)4/h5-7H,8H2,1-4H3. The average molecular weight is 267 g/mol. The van der Waals surface area contributed by atoms with E-state index in [1.54, 1.807) is 11.8 Å². The second kappa shape index (κ2) is 4.86. The van der Waals surface area contributed by atoms with Gasteiger partial charge in [-0.15, -0.1) is 23.1 Å². The van der Waals surface area contributed by atoms with E-state index >= 15 is 0 Å². The topological polar surface area (TPSA) is 26.0 Å². The quantitative estimate of drug-likeness (QED) is 0.758. The van der Waals surface area contributed by atoms with Gasteiger partial charge in [0.15, 0.2) is 0 Å². The van der Waals surface area contributed by atoms with Gasteiger partial charge in [-0.3, -0.25) is 0 Å². The molecule has 0 fully saturated rings. The van der Waals surface area contributed by atoms with Crippen LogP contribution in [0, 0.1) is 6.92 Å². The summed E-state index contributed by atoms with van der Waals surface area (Å²) in [5.74, 6) is 2.57. The zero-order chi connectivity index (χ0) is 12.5. The highest BCUT2D eigenvalue weighted by molar-refractivity contribution is 8.00. The van der Waals surface area contributed by atoms with Crippen LogP contribution < -0.4 is 0 Å². The SMILES string of the molecule is Cc1ccc(SCc2ncc(C(C)(C)C)o2)s1. The van der Waals surface area contributed by atoms with Crippen LogP contribution >= 0.6 is 23.1 Å². The summed E-state index contributed by atoms with van der Waals surface area (Å²) in [6, 6.07) is 4.29. The van der Waals surface area contributed by atoms with Crippen LogP contribution in [0.5, 0.6) is 0 Å². The number of nitrogens with zero attached hydrogens (tertiary/aromatic N) is 1. The maximum atomic E-state index is 5.75. The summed E-state index contributed by atoms with van der Waals surface area (Å²) in [5, 5.41) is 0. The minimum atomic E-state index is 0.0371. The highest BCUT2D eigenvalue weighted by Crippen LogP contribution is 2.30. The molecule has 92 valence electrons. The molecular weight excluding hydrogens is 250 g/mol. The van der Waals surface area contributed by atoms with E-state index in [9.17, 15) is 0 Å². The first kappa shape index (κ1) is 12.7. The molecule has 0 bridgehead atoms. The lowest BCUT2D eigenvalue weighted by atomic mass is 9.94. The van der Waals surface area contributed by atoms with Gasteiger partial charge in [-0.2, -0.15) is 0 Å². The van der Waals surface area contributed by atoms with Crippen molar-refractivity contribution in [2.75, 3.05) is 0 Å². The Morgan fingerprint density at radius 1 is 1.35 bits per heavy atom. The molecule has 0 spiro atoms. The fraction of sp³-hybridized carbons (Fsp3) is 0.462. The van der Waals surface area contributed by atoms with E-state index in [1.165, 1.54) is 9.09 Å². The number of hydrogen-bond donors (Lipinski definition) is 0. The molecule has 2 nitrogen and oxygen atoms in total.